The second-order valence-electron chi connectivity index (χ2n) is 8.12. The fourth-order valence-electron chi connectivity index (χ4n) is 4.18. The summed E-state index contributed by atoms with van der Waals surface area (Å²) in [5.74, 6) is 1.87. The Hall–Kier alpha value is -3.02. The third-order valence-corrected chi connectivity index (χ3v) is 6.09. The SMILES string of the molecule is CCCC[C@@H](CC)N(C)C1=Nc2nnc(-c3ccc(-c4cn[nH]c4)cc3C)cc2C1. The van der Waals surface area contributed by atoms with Gasteiger partial charge in [0, 0.05) is 42.4 Å². The van der Waals surface area contributed by atoms with Crippen LogP contribution in [0.4, 0.5) is 5.82 Å². The predicted octanol–water partition coefficient (Wildman–Crippen LogP) is 5.33. The van der Waals surface area contributed by atoms with Gasteiger partial charge in [0.25, 0.3) is 0 Å². The minimum absolute atomic E-state index is 0.531. The smallest absolute Gasteiger partial charge is 0.179 e. The van der Waals surface area contributed by atoms with Crippen LogP contribution in [-0.2, 0) is 6.42 Å². The molecular weight excluding hydrogens is 372 g/mol. The van der Waals surface area contributed by atoms with Crippen LogP contribution < -0.4 is 0 Å². The topological polar surface area (TPSA) is 70.1 Å². The van der Waals surface area contributed by atoms with E-state index in [9.17, 15) is 0 Å². The normalized spacial score (nSPS) is 13.8. The van der Waals surface area contributed by atoms with Gasteiger partial charge in [-0.3, -0.25) is 5.10 Å². The van der Waals surface area contributed by atoms with E-state index in [0.717, 1.165) is 52.4 Å². The number of fused-ring (bicyclic) bond motifs is 1. The van der Waals surface area contributed by atoms with E-state index in [1.54, 1.807) is 0 Å². The van der Waals surface area contributed by atoms with Crippen LogP contribution in [0.3, 0.4) is 0 Å². The summed E-state index contributed by atoms with van der Waals surface area (Å²) in [6.45, 7) is 6.62. The Morgan fingerprint density at radius 1 is 1.13 bits per heavy atom. The molecule has 1 atom stereocenters. The maximum absolute atomic E-state index is 4.79. The van der Waals surface area contributed by atoms with Gasteiger partial charge in [0.1, 0.15) is 5.84 Å². The largest absolute Gasteiger partial charge is 0.360 e. The molecule has 0 radical (unpaired) electrons. The molecule has 1 aromatic carbocycles. The summed E-state index contributed by atoms with van der Waals surface area (Å²) in [4.78, 5) is 7.14. The zero-order valence-corrected chi connectivity index (χ0v) is 18.3. The van der Waals surface area contributed by atoms with E-state index in [1.807, 2.05) is 12.4 Å². The average molecular weight is 403 g/mol. The second-order valence-corrected chi connectivity index (χ2v) is 8.12. The van der Waals surface area contributed by atoms with Crippen LogP contribution in [0.2, 0.25) is 0 Å². The van der Waals surface area contributed by atoms with Gasteiger partial charge in [-0.1, -0.05) is 44.9 Å². The number of nitrogens with one attached hydrogen (secondary N) is 1. The van der Waals surface area contributed by atoms with E-state index < -0.39 is 0 Å². The molecule has 2 aromatic heterocycles. The molecule has 0 unspecified atom stereocenters. The number of aryl methyl sites for hydroxylation is 1. The van der Waals surface area contributed by atoms with Crippen molar-refractivity contribution in [1.82, 2.24) is 25.3 Å². The van der Waals surface area contributed by atoms with Gasteiger partial charge in [0.05, 0.1) is 11.9 Å². The Kier molecular flexibility index (Phi) is 5.93. The Labute approximate surface area is 178 Å². The summed E-state index contributed by atoms with van der Waals surface area (Å²) in [5.41, 5.74) is 6.56. The fourth-order valence-corrected chi connectivity index (χ4v) is 4.18. The number of H-pyrrole nitrogens is 1. The van der Waals surface area contributed by atoms with Gasteiger partial charge in [-0.25, -0.2) is 4.99 Å². The summed E-state index contributed by atoms with van der Waals surface area (Å²) < 4.78 is 0. The summed E-state index contributed by atoms with van der Waals surface area (Å²) in [6, 6.07) is 9.08. The molecule has 0 aliphatic carbocycles. The molecule has 1 aliphatic heterocycles. The first-order chi connectivity index (χ1) is 14.6. The number of unbranched alkanes of at least 4 members (excludes halogenated alkanes) is 1. The highest BCUT2D eigenvalue weighted by Crippen LogP contribution is 2.32. The van der Waals surface area contributed by atoms with Gasteiger partial charge in [0.15, 0.2) is 5.82 Å². The molecule has 0 saturated carbocycles. The van der Waals surface area contributed by atoms with Crippen molar-refractivity contribution >= 4 is 11.7 Å². The number of aliphatic imine (C=N–C) groups is 1. The molecule has 0 bridgehead atoms. The van der Waals surface area contributed by atoms with Crippen molar-refractivity contribution in [1.29, 1.82) is 0 Å². The van der Waals surface area contributed by atoms with Crippen molar-refractivity contribution in [2.75, 3.05) is 7.05 Å². The third kappa shape index (κ3) is 3.99. The first-order valence-electron chi connectivity index (χ1n) is 10.9. The molecule has 4 rings (SSSR count). The van der Waals surface area contributed by atoms with Crippen molar-refractivity contribution in [2.45, 2.75) is 58.9 Å². The van der Waals surface area contributed by atoms with E-state index >= 15 is 0 Å². The molecule has 156 valence electrons. The van der Waals surface area contributed by atoms with Crippen LogP contribution >= 0.6 is 0 Å². The van der Waals surface area contributed by atoms with E-state index in [1.165, 1.54) is 24.8 Å². The fraction of sp³-hybridized carbons (Fsp3) is 0.417. The van der Waals surface area contributed by atoms with E-state index in [0.29, 0.717) is 6.04 Å². The molecule has 3 aromatic rings. The van der Waals surface area contributed by atoms with Gasteiger partial charge in [-0.05, 0) is 37.0 Å². The quantitative estimate of drug-likeness (QED) is 0.580. The van der Waals surface area contributed by atoms with Crippen LogP contribution in [0.5, 0.6) is 0 Å². The molecule has 1 N–H and O–H groups in total. The average Bonchev–Trinajstić information content (AvgIpc) is 3.43. The lowest BCUT2D eigenvalue weighted by atomic mass is 9.99. The first-order valence-corrected chi connectivity index (χ1v) is 10.9. The van der Waals surface area contributed by atoms with E-state index in [2.05, 4.69) is 77.4 Å². The maximum atomic E-state index is 4.79. The highest BCUT2D eigenvalue weighted by molar-refractivity contribution is 5.91. The molecule has 6 heteroatoms. The number of aromatic amines is 1. The maximum Gasteiger partial charge on any atom is 0.179 e. The Balaban J connectivity index is 1.54. The van der Waals surface area contributed by atoms with Gasteiger partial charge in [0.2, 0.25) is 0 Å². The zero-order chi connectivity index (χ0) is 21.1. The minimum Gasteiger partial charge on any atom is -0.360 e. The van der Waals surface area contributed by atoms with Crippen LogP contribution in [0.25, 0.3) is 22.4 Å². The molecule has 1 aliphatic rings. The number of benzene rings is 1. The van der Waals surface area contributed by atoms with E-state index in [-0.39, 0.29) is 0 Å². The standard InChI is InChI=1S/C24H30N6/c1-5-7-8-20(6-2)30(4)23-13-18-12-22(28-29-24(18)27-23)21-10-9-17(11-16(21)3)19-14-25-26-15-19/h9-12,14-15,20H,5-8,13H2,1-4H3,(H,25,26)/t20-/m1/s1. The first kappa shape index (κ1) is 20.3. The molecular formula is C24H30N6. The summed E-state index contributed by atoms with van der Waals surface area (Å²) >= 11 is 0. The lowest BCUT2D eigenvalue weighted by Crippen LogP contribution is -2.36. The summed E-state index contributed by atoms with van der Waals surface area (Å²) in [6.07, 6.45) is 9.38. The highest BCUT2D eigenvalue weighted by Gasteiger charge is 2.24. The van der Waals surface area contributed by atoms with E-state index in [4.69, 9.17) is 4.99 Å². The molecule has 0 amide bonds. The number of aromatic nitrogens is 4. The van der Waals surface area contributed by atoms with Crippen LogP contribution in [-0.4, -0.2) is 44.2 Å². The number of amidine groups is 1. The van der Waals surface area contributed by atoms with Gasteiger partial charge >= 0.3 is 0 Å². The lowest BCUT2D eigenvalue weighted by molar-refractivity contribution is 0.325. The van der Waals surface area contributed by atoms with Crippen molar-refractivity contribution in [3.63, 3.8) is 0 Å². The minimum atomic E-state index is 0.531. The molecule has 0 spiro atoms. The predicted molar refractivity (Wildman–Crippen MR) is 122 cm³/mol. The van der Waals surface area contributed by atoms with Crippen molar-refractivity contribution < 1.29 is 0 Å². The number of rotatable bonds is 7. The molecule has 30 heavy (non-hydrogen) atoms. The Morgan fingerprint density at radius 2 is 2.00 bits per heavy atom. The monoisotopic (exact) mass is 402 g/mol. The van der Waals surface area contributed by atoms with Crippen molar-refractivity contribution in [2.24, 2.45) is 4.99 Å². The zero-order valence-electron chi connectivity index (χ0n) is 18.3. The lowest BCUT2D eigenvalue weighted by Gasteiger charge is -2.29. The highest BCUT2D eigenvalue weighted by atomic mass is 15.2. The van der Waals surface area contributed by atoms with Gasteiger partial charge < -0.3 is 4.90 Å². The van der Waals surface area contributed by atoms with Crippen molar-refractivity contribution in [3.8, 4) is 22.4 Å². The number of nitrogens with zero attached hydrogens (tertiary/aromatic N) is 5. The number of hydrogen-bond donors (Lipinski definition) is 1. The number of hydrogen-bond acceptors (Lipinski definition) is 5. The second kappa shape index (κ2) is 8.78. The van der Waals surface area contributed by atoms with Gasteiger partial charge in [-0.15, -0.1) is 10.2 Å². The molecule has 0 saturated heterocycles. The third-order valence-electron chi connectivity index (χ3n) is 6.09. The number of likely N-dealkylation sites (N-methyl/N-ethyl adjacent to an activating group) is 1. The van der Waals surface area contributed by atoms with Crippen LogP contribution in [0.15, 0.2) is 41.7 Å². The van der Waals surface area contributed by atoms with Gasteiger partial charge in [-0.2, -0.15) is 5.10 Å². The molecule has 3 heterocycles. The van der Waals surface area contributed by atoms with Crippen LogP contribution in [0, 0.1) is 6.92 Å². The summed E-state index contributed by atoms with van der Waals surface area (Å²) in [5, 5.41) is 15.8. The molecule has 6 nitrogen and oxygen atoms in total. The Morgan fingerprint density at radius 3 is 2.70 bits per heavy atom. The molecule has 0 fully saturated rings. The van der Waals surface area contributed by atoms with Crippen molar-refractivity contribution in [3.05, 3.63) is 47.8 Å². The summed E-state index contributed by atoms with van der Waals surface area (Å²) in [7, 11) is 2.17. The van der Waals surface area contributed by atoms with Crippen LogP contribution in [0.1, 0.15) is 50.7 Å². The Bertz CT molecular complexity index is 1040.